The molecule has 0 saturated heterocycles. The van der Waals surface area contributed by atoms with Crippen LogP contribution in [0.4, 0.5) is 13.2 Å². The third-order valence-electron chi connectivity index (χ3n) is 1.60. The monoisotopic (exact) mass is 201 g/mol. The summed E-state index contributed by atoms with van der Waals surface area (Å²) in [4.78, 5) is 0. The summed E-state index contributed by atoms with van der Waals surface area (Å²) in [6.07, 6.45) is -2.25. The molecule has 5 heteroatoms. The SMILES string of the molecule is FC(F)(F)Oc1ccc2o[c]cc2c1. The molecule has 0 atom stereocenters. The highest BCUT2D eigenvalue weighted by atomic mass is 19.4. The van der Waals surface area contributed by atoms with Crippen LogP contribution in [0.1, 0.15) is 0 Å². The average Bonchev–Trinajstić information content (AvgIpc) is 2.47. The number of hydrogen-bond donors (Lipinski definition) is 0. The molecule has 1 aromatic heterocycles. The molecular weight excluding hydrogens is 197 g/mol. The van der Waals surface area contributed by atoms with E-state index in [0.717, 1.165) is 0 Å². The topological polar surface area (TPSA) is 22.4 Å². The van der Waals surface area contributed by atoms with Crippen LogP contribution in [-0.4, -0.2) is 6.36 Å². The van der Waals surface area contributed by atoms with E-state index >= 15 is 0 Å². The molecule has 73 valence electrons. The Morgan fingerprint density at radius 2 is 2.07 bits per heavy atom. The molecule has 1 aromatic carbocycles. The van der Waals surface area contributed by atoms with Gasteiger partial charge in [-0.05, 0) is 24.3 Å². The predicted octanol–water partition coefficient (Wildman–Crippen LogP) is 3.13. The van der Waals surface area contributed by atoms with Crippen LogP contribution in [0.15, 0.2) is 28.7 Å². The first-order valence-electron chi connectivity index (χ1n) is 3.70. The maximum absolute atomic E-state index is 11.8. The van der Waals surface area contributed by atoms with Crippen molar-refractivity contribution < 1.29 is 22.3 Å². The number of halogens is 3. The van der Waals surface area contributed by atoms with Crippen LogP contribution in [0.2, 0.25) is 0 Å². The first-order chi connectivity index (χ1) is 6.54. The third-order valence-corrected chi connectivity index (χ3v) is 1.60. The third kappa shape index (κ3) is 1.81. The fourth-order valence-corrected chi connectivity index (χ4v) is 1.09. The van der Waals surface area contributed by atoms with Crippen molar-refractivity contribution in [2.75, 3.05) is 0 Å². The Balaban J connectivity index is 2.35. The highest BCUT2D eigenvalue weighted by Crippen LogP contribution is 2.26. The van der Waals surface area contributed by atoms with Crippen molar-refractivity contribution in [1.29, 1.82) is 0 Å². The summed E-state index contributed by atoms with van der Waals surface area (Å²) >= 11 is 0. The lowest BCUT2D eigenvalue weighted by Gasteiger charge is -2.07. The van der Waals surface area contributed by atoms with Gasteiger partial charge in [-0.25, -0.2) is 0 Å². The number of rotatable bonds is 1. The fourth-order valence-electron chi connectivity index (χ4n) is 1.09. The van der Waals surface area contributed by atoms with Crippen molar-refractivity contribution >= 4 is 11.0 Å². The first kappa shape index (κ1) is 8.93. The predicted molar refractivity (Wildman–Crippen MR) is 41.7 cm³/mol. The normalized spacial score (nSPS) is 11.9. The van der Waals surface area contributed by atoms with E-state index < -0.39 is 6.36 Å². The Kier molecular flexibility index (Phi) is 1.87. The maximum Gasteiger partial charge on any atom is 0.573 e. The van der Waals surface area contributed by atoms with Crippen LogP contribution < -0.4 is 4.74 Å². The maximum atomic E-state index is 11.8. The van der Waals surface area contributed by atoms with Crippen molar-refractivity contribution in [1.82, 2.24) is 0 Å². The minimum Gasteiger partial charge on any atom is -0.453 e. The molecule has 2 rings (SSSR count). The molecule has 0 unspecified atom stereocenters. The van der Waals surface area contributed by atoms with Crippen LogP contribution in [0, 0.1) is 6.26 Å². The van der Waals surface area contributed by atoms with Gasteiger partial charge in [-0.3, -0.25) is 0 Å². The van der Waals surface area contributed by atoms with E-state index in [1.54, 1.807) is 0 Å². The molecule has 0 amide bonds. The fraction of sp³-hybridized carbons (Fsp3) is 0.111. The molecule has 0 aliphatic carbocycles. The number of benzene rings is 1. The average molecular weight is 201 g/mol. The lowest BCUT2D eigenvalue weighted by Crippen LogP contribution is -2.16. The van der Waals surface area contributed by atoms with E-state index in [1.165, 1.54) is 24.3 Å². The van der Waals surface area contributed by atoms with Crippen LogP contribution in [0.25, 0.3) is 11.0 Å². The minimum absolute atomic E-state index is 0.264. The molecule has 0 spiro atoms. The van der Waals surface area contributed by atoms with Gasteiger partial charge in [0, 0.05) is 5.39 Å². The lowest BCUT2D eigenvalue weighted by molar-refractivity contribution is -0.274. The molecule has 14 heavy (non-hydrogen) atoms. The molecule has 0 aliphatic rings. The van der Waals surface area contributed by atoms with Gasteiger partial charge in [-0.1, -0.05) is 0 Å². The Bertz CT molecular complexity index is 444. The van der Waals surface area contributed by atoms with Gasteiger partial charge in [-0.2, -0.15) is 0 Å². The molecule has 0 bridgehead atoms. The van der Waals surface area contributed by atoms with Crippen molar-refractivity contribution in [2.24, 2.45) is 0 Å². The van der Waals surface area contributed by atoms with Crippen molar-refractivity contribution in [2.45, 2.75) is 6.36 Å². The molecule has 1 radical (unpaired) electrons. The zero-order valence-corrected chi connectivity index (χ0v) is 6.76. The zero-order chi connectivity index (χ0) is 10.2. The number of hydrogen-bond acceptors (Lipinski definition) is 2. The molecule has 0 fully saturated rings. The minimum atomic E-state index is -4.67. The van der Waals surface area contributed by atoms with Gasteiger partial charge in [-0.15, -0.1) is 13.2 Å². The summed E-state index contributed by atoms with van der Waals surface area (Å²) in [7, 11) is 0. The van der Waals surface area contributed by atoms with E-state index in [9.17, 15) is 13.2 Å². The summed E-state index contributed by atoms with van der Waals surface area (Å²) in [6.45, 7) is 0. The second-order valence-corrected chi connectivity index (χ2v) is 2.61. The van der Waals surface area contributed by atoms with Gasteiger partial charge in [0.1, 0.15) is 11.3 Å². The van der Waals surface area contributed by atoms with Crippen LogP contribution in [0.5, 0.6) is 5.75 Å². The van der Waals surface area contributed by atoms with Gasteiger partial charge >= 0.3 is 6.36 Å². The van der Waals surface area contributed by atoms with E-state index in [-0.39, 0.29) is 5.75 Å². The number of ether oxygens (including phenoxy) is 1. The van der Waals surface area contributed by atoms with Crippen LogP contribution >= 0.6 is 0 Å². The first-order valence-corrected chi connectivity index (χ1v) is 3.70. The van der Waals surface area contributed by atoms with Gasteiger partial charge in [0.05, 0.1) is 0 Å². The second kappa shape index (κ2) is 2.94. The molecule has 1 heterocycles. The summed E-state index contributed by atoms with van der Waals surface area (Å²) < 4.78 is 44.0. The van der Waals surface area contributed by atoms with Gasteiger partial charge in [0.2, 0.25) is 0 Å². The Hall–Kier alpha value is -1.65. The van der Waals surface area contributed by atoms with Gasteiger partial charge in [0.15, 0.2) is 6.26 Å². The summed E-state index contributed by atoms with van der Waals surface area (Å²) in [5, 5.41) is 0.520. The molecule has 2 nitrogen and oxygen atoms in total. The second-order valence-electron chi connectivity index (χ2n) is 2.61. The highest BCUT2D eigenvalue weighted by molar-refractivity contribution is 5.78. The quantitative estimate of drug-likeness (QED) is 0.707. The Labute approximate surface area is 76.9 Å². The Morgan fingerprint density at radius 3 is 2.79 bits per heavy atom. The molecular formula is C9H4F3O2. The standard InChI is InChI=1S/C9H4F3O2/c10-9(11,12)14-7-1-2-8-6(5-7)3-4-13-8/h1-3,5H. The largest absolute Gasteiger partial charge is 0.573 e. The molecule has 0 saturated carbocycles. The number of furan rings is 1. The smallest absolute Gasteiger partial charge is 0.453 e. The summed E-state index contributed by atoms with van der Waals surface area (Å²) in [5.74, 6) is -0.264. The van der Waals surface area contributed by atoms with Crippen molar-refractivity contribution in [3.8, 4) is 5.75 Å². The lowest BCUT2D eigenvalue weighted by atomic mass is 10.2. The molecule has 2 aromatic rings. The molecule has 0 aliphatic heterocycles. The zero-order valence-electron chi connectivity index (χ0n) is 6.76. The van der Waals surface area contributed by atoms with Gasteiger partial charge < -0.3 is 9.15 Å². The van der Waals surface area contributed by atoms with Crippen LogP contribution in [0.3, 0.4) is 0 Å². The van der Waals surface area contributed by atoms with Crippen molar-refractivity contribution in [3.05, 3.63) is 30.5 Å². The summed E-state index contributed by atoms with van der Waals surface area (Å²) in [5.41, 5.74) is 0.472. The van der Waals surface area contributed by atoms with Crippen LogP contribution in [-0.2, 0) is 0 Å². The highest BCUT2D eigenvalue weighted by Gasteiger charge is 2.31. The van der Waals surface area contributed by atoms with E-state index in [0.29, 0.717) is 11.0 Å². The van der Waals surface area contributed by atoms with E-state index in [1.807, 2.05) is 0 Å². The summed E-state index contributed by atoms with van der Waals surface area (Å²) in [6, 6.07) is 5.27. The van der Waals surface area contributed by atoms with Crippen molar-refractivity contribution in [3.63, 3.8) is 0 Å². The number of alkyl halides is 3. The molecule has 0 N–H and O–H groups in total. The number of fused-ring (bicyclic) bond motifs is 1. The Morgan fingerprint density at radius 1 is 1.29 bits per heavy atom. The van der Waals surface area contributed by atoms with E-state index in [4.69, 9.17) is 4.42 Å². The van der Waals surface area contributed by atoms with E-state index in [2.05, 4.69) is 11.0 Å². The van der Waals surface area contributed by atoms with Gasteiger partial charge in [0.25, 0.3) is 0 Å².